The number of rotatable bonds is 4. The second-order valence-electron chi connectivity index (χ2n) is 6.93. The molecule has 0 aliphatic heterocycles. The minimum Gasteiger partial charge on any atom is -0.448 e. The summed E-state index contributed by atoms with van der Waals surface area (Å²) >= 11 is 1.37. The first-order valence-corrected chi connectivity index (χ1v) is 9.95. The third kappa shape index (κ3) is 2.82. The van der Waals surface area contributed by atoms with Crippen LogP contribution >= 0.6 is 11.3 Å². The molecule has 0 spiro atoms. The predicted molar refractivity (Wildman–Crippen MR) is 109 cm³/mol. The van der Waals surface area contributed by atoms with Crippen molar-refractivity contribution < 1.29 is 14.0 Å². The average molecular weight is 408 g/mol. The normalized spacial score (nSPS) is 13.1. The topological polar surface area (TPSA) is 120 Å². The fourth-order valence-corrected chi connectivity index (χ4v) is 5.11. The first-order valence-electron chi connectivity index (χ1n) is 9.14. The van der Waals surface area contributed by atoms with E-state index in [1.807, 2.05) is 18.2 Å². The number of para-hydroxylation sites is 1. The van der Waals surface area contributed by atoms with Crippen LogP contribution in [0.4, 0.5) is 5.00 Å². The molecule has 146 valence electrons. The van der Waals surface area contributed by atoms with Crippen LogP contribution in [-0.2, 0) is 24.2 Å². The number of thiophene rings is 1. The summed E-state index contributed by atoms with van der Waals surface area (Å²) in [6.07, 6.45) is 3.97. The van der Waals surface area contributed by atoms with E-state index in [2.05, 4.69) is 10.3 Å². The number of furan rings is 1. The van der Waals surface area contributed by atoms with Crippen molar-refractivity contribution in [3.63, 3.8) is 0 Å². The second kappa shape index (κ2) is 6.56. The Morgan fingerprint density at radius 1 is 1.28 bits per heavy atom. The van der Waals surface area contributed by atoms with E-state index in [4.69, 9.17) is 10.2 Å². The Balaban J connectivity index is 1.45. The third-order valence-electron chi connectivity index (χ3n) is 5.09. The lowest BCUT2D eigenvalue weighted by Gasteiger charge is -2.07. The molecule has 2 amide bonds. The van der Waals surface area contributed by atoms with Gasteiger partial charge in [0.15, 0.2) is 0 Å². The van der Waals surface area contributed by atoms with Gasteiger partial charge in [-0.05, 0) is 37.0 Å². The van der Waals surface area contributed by atoms with Gasteiger partial charge >= 0.3 is 0 Å². The molecule has 3 heterocycles. The summed E-state index contributed by atoms with van der Waals surface area (Å²) < 4.78 is 6.81. The Morgan fingerprint density at radius 3 is 2.93 bits per heavy atom. The number of aromatic nitrogens is 2. The van der Waals surface area contributed by atoms with Crippen LogP contribution in [0.2, 0.25) is 0 Å². The highest BCUT2D eigenvalue weighted by atomic mass is 32.1. The monoisotopic (exact) mass is 408 g/mol. The summed E-state index contributed by atoms with van der Waals surface area (Å²) in [5, 5.41) is 3.92. The van der Waals surface area contributed by atoms with E-state index in [9.17, 15) is 14.4 Å². The lowest BCUT2D eigenvalue weighted by molar-refractivity contribution is -0.116. The number of primary amides is 1. The third-order valence-corrected chi connectivity index (χ3v) is 6.29. The number of hydrogen-bond acceptors (Lipinski definition) is 6. The fourth-order valence-electron chi connectivity index (χ4n) is 3.80. The van der Waals surface area contributed by atoms with Crippen LogP contribution in [0.3, 0.4) is 0 Å². The quantitative estimate of drug-likeness (QED) is 0.537. The van der Waals surface area contributed by atoms with Crippen molar-refractivity contribution in [3.8, 4) is 0 Å². The molecule has 1 aliphatic rings. The average Bonchev–Trinajstić information content (AvgIpc) is 3.36. The number of nitrogens with zero attached hydrogens (tertiary/aromatic N) is 2. The number of anilines is 1. The molecular formula is C20H16N4O4S. The van der Waals surface area contributed by atoms with Gasteiger partial charge in [0.05, 0.1) is 11.9 Å². The van der Waals surface area contributed by atoms with Gasteiger partial charge in [0.2, 0.25) is 11.5 Å². The smallest absolute Gasteiger partial charge is 0.297 e. The van der Waals surface area contributed by atoms with Crippen LogP contribution in [0.1, 0.15) is 27.2 Å². The van der Waals surface area contributed by atoms with Crippen molar-refractivity contribution in [2.75, 3.05) is 5.32 Å². The summed E-state index contributed by atoms with van der Waals surface area (Å²) in [5.74, 6) is -0.992. The molecule has 8 nitrogen and oxygen atoms in total. The van der Waals surface area contributed by atoms with Gasteiger partial charge in [0.25, 0.3) is 11.5 Å². The van der Waals surface area contributed by atoms with Crippen LogP contribution in [-0.4, -0.2) is 21.4 Å². The SMILES string of the molecule is NC(=O)c1c(NC(=O)Cn2cnc3c(oc4ccccc43)c2=O)sc2c1CCC2. The molecule has 0 radical (unpaired) electrons. The molecule has 0 unspecified atom stereocenters. The van der Waals surface area contributed by atoms with E-state index in [1.165, 1.54) is 22.2 Å². The molecule has 29 heavy (non-hydrogen) atoms. The number of carbonyl (C=O) groups is 2. The van der Waals surface area contributed by atoms with Crippen molar-refractivity contribution in [1.82, 2.24) is 9.55 Å². The number of hydrogen-bond donors (Lipinski definition) is 2. The molecular weight excluding hydrogens is 392 g/mol. The van der Waals surface area contributed by atoms with Crippen molar-refractivity contribution in [2.45, 2.75) is 25.8 Å². The van der Waals surface area contributed by atoms with Gasteiger partial charge in [0.1, 0.15) is 22.6 Å². The first-order chi connectivity index (χ1) is 14.0. The van der Waals surface area contributed by atoms with E-state index < -0.39 is 17.4 Å². The van der Waals surface area contributed by atoms with Gasteiger partial charge < -0.3 is 15.5 Å². The number of nitrogens with one attached hydrogen (secondary N) is 1. The van der Waals surface area contributed by atoms with Gasteiger partial charge in [-0.3, -0.25) is 19.0 Å². The molecule has 3 N–H and O–H groups in total. The van der Waals surface area contributed by atoms with Crippen LogP contribution in [0.5, 0.6) is 0 Å². The zero-order valence-electron chi connectivity index (χ0n) is 15.2. The van der Waals surface area contributed by atoms with Gasteiger partial charge in [-0.15, -0.1) is 11.3 Å². The number of fused-ring (bicyclic) bond motifs is 4. The Labute approximate surface area is 167 Å². The van der Waals surface area contributed by atoms with Crippen LogP contribution in [0, 0.1) is 0 Å². The highest BCUT2D eigenvalue weighted by Gasteiger charge is 2.26. The minimum atomic E-state index is -0.553. The Kier molecular flexibility index (Phi) is 3.99. The van der Waals surface area contributed by atoms with Gasteiger partial charge in [-0.1, -0.05) is 12.1 Å². The fraction of sp³-hybridized carbons (Fsp3) is 0.200. The molecule has 0 bridgehead atoms. The summed E-state index contributed by atoms with van der Waals surface area (Å²) in [4.78, 5) is 42.6. The van der Waals surface area contributed by atoms with Crippen molar-refractivity contribution in [1.29, 1.82) is 0 Å². The molecule has 9 heteroatoms. The summed E-state index contributed by atoms with van der Waals surface area (Å²) in [5.41, 5.74) is 7.53. The number of benzene rings is 1. The molecule has 3 aromatic heterocycles. The maximum Gasteiger partial charge on any atom is 0.297 e. The lowest BCUT2D eigenvalue weighted by Crippen LogP contribution is -2.28. The number of amides is 2. The van der Waals surface area contributed by atoms with E-state index in [-0.39, 0.29) is 12.1 Å². The number of carbonyl (C=O) groups excluding carboxylic acids is 2. The molecule has 1 aliphatic carbocycles. The number of aryl methyl sites for hydroxylation is 1. The lowest BCUT2D eigenvalue weighted by atomic mass is 10.1. The van der Waals surface area contributed by atoms with Gasteiger partial charge in [-0.25, -0.2) is 4.98 Å². The van der Waals surface area contributed by atoms with E-state index in [0.717, 1.165) is 35.1 Å². The van der Waals surface area contributed by atoms with E-state index in [0.29, 0.717) is 21.7 Å². The molecule has 1 aromatic carbocycles. The van der Waals surface area contributed by atoms with E-state index >= 15 is 0 Å². The van der Waals surface area contributed by atoms with Crippen molar-refractivity contribution >= 4 is 50.2 Å². The van der Waals surface area contributed by atoms with E-state index in [1.54, 1.807) is 6.07 Å². The highest BCUT2D eigenvalue weighted by molar-refractivity contribution is 7.17. The molecule has 0 atom stereocenters. The highest BCUT2D eigenvalue weighted by Crippen LogP contribution is 2.38. The molecule has 0 fully saturated rings. The summed E-state index contributed by atoms with van der Waals surface area (Å²) in [6.45, 7) is -0.250. The van der Waals surface area contributed by atoms with Crippen LogP contribution < -0.4 is 16.6 Å². The summed E-state index contributed by atoms with van der Waals surface area (Å²) in [7, 11) is 0. The second-order valence-corrected chi connectivity index (χ2v) is 8.03. The van der Waals surface area contributed by atoms with Crippen LogP contribution in [0.15, 0.2) is 39.8 Å². The Morgan fingerprint density at radius 2 is 2.10 bits per heavy atom. The summed E-state index contributed by atoms with van der Waals surface area (Å²) in [6, 6.07) is 7.24. The maximum absolute atomic E-state index is 12.8. The Bertz CT molecular complexity index is 1360. The first kappa shape index (κ1) is 17.6. The largest absolute Gasteiger partial charge is 0.448 e. The number of nitrogens with two attached hydrogens (primary N) is 1. The van der Waals surface area contributed by atoms with Crippen LogP contribution in [0.25, 0.3) is 22.1 Å². The molecule has 0 saturated heterocycles. The predicted octanol–water partition coefficient (Wildman–Crippen LogP) is 2.43. The maximum atomic E-state index is 12.8. The van der Waals surface area contributed by atoms with Gasteiger partial charge in [-0.2, -0.15) is 0 Å². The van der Waals surface area contributed by atoms with Gasteiger partial charge in [0, 0.05) is 10.3 Å². The Hall–Kier alpha value is -3.46. The molecule has 4 aromatic rings. The minimum absolute atomic E-state index is 0.106. The van der Waals surface area contributed by atoms with Crippen molar-refractivity contribution in [3.05, 3.63) is 57.0 Å². The molecule has 0 saturated carbocycles. The zero-order chi connectivity index (χ0) is 20.1. The standard InChI is InChI=1S/C20H16N4O4S/c21-18(26)15-11-5-3-7-13(11)29-19(15)23-14(25)8-24-9-22-16-10-4-1-2-6-12(10)28-17(16)20(24)27/h1-2,4,6,9H,3,5,7-8H2,(H2,21,26)(H,23,25). The zero-order valence-corrected chi connectivity index (χ0v) is 16.0. The van der Waals surface area contributed by atoms with Crippen molar-refractivity contribution in [2.24, 2.45) is 5.73 Å². The molecule has 5 rings (SSSR count).